The molecule has 0 aliphatic rings. The Morgan fingerprint density at radius 1 is 1.17 bits per heavy atom. The van der Waals surface area contributed by atoms with Crippen molar-refractivity contribution in [2.75, 3.05) is 0 Å². The number of hydrogen-bond acceptors (Lipinski definition) is 1. The second-order valence-corrected chi connectivity index (χ2v) is 4.80. The van der Waals surface area contributed by atoms with Gasteiger partial charge in [-0.15, -0.1) is 0 Å². The van der Waals surface area contributed by atoms with Crippen LogP contribution in [0.4, 0.5) is 0 Å². The van der Waals surface area contributed by atoms with Gasteiger partial charge in [-0.2, -0.15) is 0 Å². The van der Waals surface area contributed by atoms with Crippen LogP contribution in [0.3, 0.4) is 0 Å². The minimum atomic E-state index is 0.380. The average molecular weight is 242 g/mol. The van der Waals surface area contributed by atoms with E-state index in [-0.39, 0.29) is 0 Å². The summed E-state index contributed by atoms with van der Waals surface area (Å²) in [5.41, 5.74) is 4.00. The van der Waals surface area contributed by atoms with Gasteiger partial charge < -0.3 is 9.88 Å². The molecule has 18 heavy (non-hydrogen) atoms. The molecule has 1 aromatic carbocycles. The number of rotatable bonds is 5. The smallest absolute Gasteiger partial charge is 0.0364 e. The van der Waals surface area contributed by atoms with Crippen molar-refractivity contribution in [2.45, 2.75) is 39.9 Å². The Balaban J connectivity index is 1.96. The van der Waals surface area contributed by atoms with Crippen LogP contribution < -0.4 is 5.32 Å². The molecule has 2 heteroatoms. The first-order valence-corrected chi connectivity index (χ1v) is 6.64. The van der Waals surface area contributed by atoms with Crippen LogP contribution in [0.25, 0.3) is 0 Å². The maximum Gasteiger partial charge on any atom is 0.0364 e. The molecule has 0 bridgehead atoms. The van der Waals surface area contributed by atoms with Crippen LogP contribution in [0.15, 0.2) is 42.6 Å². The predicted octanol–water partition coefficient (Wildman–Crippen LogP) is 3.67. The van der Waals surface area contributed by atoms with E-state index < -0.39 is 0 Å². The Labute approximate surface area is 110 Å². The van der Waals surface area contributed by atoms with Crippen molar-refractivity contribution < 1.29 is 0 Å². The summed E-state index contributed by atoms with van der Waals surface area (Å²) in [6, 6.07) is 13.4. The quantitative estimate of drug-likeness (QED) is 0.846. The van der Waals surface area contributed by atoms with Crippen molar-refractivity contribution in [3.8, 4) is 0 Å². The molecule has 1 N–H and O–H groups in total. The van der Waals surface area contributed by atoms with Gasteiger partial charge in [0.05, 0.1) is 0 Å². The monoisotopic (exact) mass is 242 g/mol. The van der Waals surface area contributed by atoms with Gasteiger partial charge >= 0.3 is 0 Å². The van der Waals surface area contributed by atoms with Gasteiger partial charge in [-0.05, 0) is 38.5 Å². The summed E-state index contributed by atoms with van der Waals surface area (Å²) in [5.74, 6) is 0. The van der Waals surface area contributed by atoms with Crippen LogP contribution in [0.2, 0.25) is 0 Å². The number of nitrogens with zero attached hydrogens (tertiary/aromatic N) is 1. The number of benzene rings is 1. The summed E-state index contributed by atoms with van der Waals surface area (Å²) < 4.78 is 2.27. The molecule has 0 saturated heterocycles. The third kappa shape index (κ3) is 3.02. The normalized spacial score (nSPS) is 12.6. The number of aromatic nitrogens is 1. The molecule has 0 aliphatic carbocycles. The van der Waals surface area contributed by atoms with Gasteiger partial charge in [-0.25, -0.2) is 0 Å². The molecular formula is C16H22N2. The Morgan fingerprint density at radius 2 is 1.89 bits per heavy atom. The lowest BCUT2D eigenvalue weighted by atomic mass is 10.1. The molecule has 0 amide bonds. The summed E-state index contributed by atoms with van der Waals surface area (Å²) in [6.45, 7) is 8.45. The van der Waals surface area contributed by atoms with Crippen LogP contribution in [0, 0.1) is 6.92 Å². The lowest BCUT2D eigenvalue weighted by Gasteiger charge is -2.15. The summed E-state index contributed by atoms with van der Waals surface area (Å²) in [4.78, 5) is 0. The van der Waals surface area contributed by atoms with Crippen LogP contribution in [0.1, 0.15) is 36.7 Å². The lowest BCUT2D eigenvalue weighted by Crippen LogP contribution is -2.19. The van der Waals surface area contributed by atoms with Gasteiger partial charge in [0, 0.05) is 31.0 Å². The molecule has 1 aromatic heterocycles. The summed E-state index contributed by atoms with van der Waals surface area (Å²) in [7, 11) is 0. The van der Waals surface area contributed by atoms with Crippen LogP contribution in [0.5, 0.6) is 0 Å². The lowest BCUT2D eigenvalue weighted by molar-refractivity contribution is 0.549. The Morgan fingerprint density at radius 3 is 2.56 bits per heavy atom. The fourth-order valence-corrected chi connectivity index (χ4v) is 2.15. The molecule has 2 nitrogen and oxygen atoms in total. The highest BCUT2D eigenvalue weighted by Gasteiger charge is 2.05. The number of hydrogen-bond donors (Lipinski definition) is 1. The standard InChI is InChI=1S/C16H22N2/c1-4-18-11-5-6-16(18)12-17-14(3)15-9-7-13(2)8-10-15/h5-11,14,17H,4,12H2,1-3H3/t14-/m1/s1. The zero-order chi connectivity index (χ0) is 13.0. The highest BCUT2D eigenvalue weighted by molar-refractivity contribution is 5.23. The molecule has 96 valence electrons. The molecule has 0 unspecified atom stereocenters. The van der Waals surface area contributed by atoms with Crippen molar-refractivity contribution in [1.29, 1.82) is 0 Å². The van der Waals surface area contributed by atoms with Crippen molar-refractivity contribution >= 4 is 0 Å². The van der Waals surface area contributed by atoms with E-state index >= 15 is 0 Å². The van der Waals surface area contributed by atoms with Gasteiger partial charge in [0.15, 0.2) is 0 Å². The van der Waals surface area contributed by atoms with Crippen molar-refractivity contribution in [1.82, 2.24) is 9.88 Å². The SMILES string of the molecule is CCn1cccc1CN[C@H](C)c1ccc(C)cc1. The van der Waals surface area contributed by atoms with Gasteiger partial charge in [0.25, 0.3) is 0 Å². The van der Waals surface area contributed by atoms with Crippen molar-refractivity contribution in [3.63, 3.8) is 0 Å². The van der Waals surface area contributed by atoms with Gasteiger partial charge in [-0.3, -0.25) is 0 Å². The largest absolute Gasteiger partial charge is 0.351 e. The van der Waals surface area contributed by atoms with Gasteiger partial charge in [0.1, 0.15) is 0 Å². The average Bonchev–Trinajstić information content (AvgIpc) is 2.84. The van der Waals surface area contributed by atoms with E-state index in [0.29, 0.717) is 6.04 Å². The zero-order valence-corrected chi connectivity index (χ0v) is 11.5. The first kappa shape index (κ1) is 12.9. The summed E-state index contributed by atoms with van der Waals surface area (Å²) in [6.07, 6.45) is 2.13. The van der Waals surface area contributed by atoms with E-state index in [2.05, 4.69) is 73.3 Å². The van der Waals surface area contributed by atoms with E-state index in [1.165, 1.54) is 16.8 Å². The van der Waals surface area contributed by atoms with Gasteiger partial charge in [0.2, 0.25) is 0 Å². The molecule has 0 radical (unpaired) electrons. The molecule has 2 rings (SSSR count). The maximum absolute atomic E-state index is 3.57. The molecule has 2 aromatic rings. The van der Waals surface area contributed by atoms with Gasteiger partial charge in [-0.1, -0.05) is 29.8 Å². The van der Waals surface area contributed by atoms with Crippen LogP contribution >= 0.6 is 0 Å². The van der Waals surface area contributed by atoms with Crippen molar-refractivity contribution in [2.24, 2.45) is 0 Å². The third-order valence-corrected chi connectivity index (χ3v) is 3.43. The fourth-order valence-electron chi connectivity index (χ4n) is 2.15. The maximum atomic E-state index is 3.57. The Kier molecular flexibility index (Phi) is 4.21. The first-order valence-electron chi connectivity index (χ1n) is 6.64. The summed E-state index contributed by atoms with van der Waals surface area (Å²) >= 11 is 0. The molecule has 1 atom stereocenters. The molecule has 0 spiro atoms. The predicted molar refractivity (Wildman–Crippen MR) is 76.5 cm³/mol. The van der Waals surface area contributed by atoms with Crippen molar-refractivity contribution in [3.05, 3.63) is 59.4 Å². The third-order valence-electron chi connectivity index (χ3n) is 3.43. The van der Waals surface area contributed by atoms with E-state index in [9.17, 15) is 0 Å². The second kappa shape index (κ2) is 5.87. The fraction of sp³-hybridized carbons (Fsp3) is 0.375. The van der Waals surface area contributed by atoms with Crippen LogP contribution in [-0.2, 0) is 13.1 Å². The van der Waals surface area contributed by atoms with E-state index in [0.717, 1.165) is 13.1 Å². The highest BCUT2D eigenvalue weighted by Crippen LogP contribution is 2.14. The zero-order valence-electron chi connectivity index (χ0n) is 11.5. The molecule has 0 saturated carbocycles. The number of aryl methyl sites for hydroxylation is 2. The molecular weight excluding hydrogens is 220 g/mol. The highest BCUT2D eigenvalue weighted by atomic mass is 15.0. The molecule has 0 aliphatic heterocycles. The van der Waals surface area contributed by atoms with Crippen LogP contribution in [-0.4, -0.2) is 4.57 Å². The van der Waals surface area contributed by atoms with E-state index in [1.54, 1.807) is 0 Å². The topological polar surface area (TPSA) is 17.0 Å². The Bertz CT molecular complexity index is 482. The minimum Gasteiger partial charge on any atom is -0.351 e. The number of nitrogens with one attached hydrogen (secondary N) is 1. The molecule has 1 heterocycles. The molecule has 0 fully saturated rings. The minimum absolute atomic E-state index is 0.380. The van der Waals surface area contributed by atoms with E-state index in [1.807, 2.05) is 0 Å². The Hall–Kier alpha value is -1.54. The second-order valence-electron chi connectivity index (χ2n) is 4.80. The van der Waals surface area contributed by atoms with E-state index in [4.69, 9.17) is 0 Å². The first-order chi connectivity index (χ1) is 8.70. The summed E-state index contributed by atoms with van der Waals surface area (Å²) in [5, 5.41) is 3.57.